The lowest BCUT2D eigenvalue weighted by Gasteiger charge is -2.14. The molecule has 0 amide bonds. The van der Waals surface area contributed by atoms with E-state index in [-0.39, 0.29) is 5.57 Å². The number of nitrogens with zero attached hydrogens (tertiary/aromatic N) is 3. The number of benzene rings is 2. The first kappa shape index (κ1) is 18.2. The van der Waals surface area contributed by atoms with Crippen molar-refractivity contribution in [2.24, 2.45) is 0 Å². The van der Waals surface area contributed by atoms with Gasteiger partial charge < -0.3 is 9.64 Å². The van der Waals surface area contributed by atoms with Gasteiger partial charge in [0.05, 0.1) is 27.0 Å². The van der Waals surface area contributed by atoms with E-state index >= 15 is 0 Å². The lowest BCUT2D eigenvalue weighted by atomic mass is 10.2. The molecule has 0 unspecified atom stereocenters. The van der Waals surface area contributed by atoms with Crippen molar-refractivity contribution >= 4 is 50.8 Å². The summed E-state index contributed by atoms with van der Waals surface area (Å²) in [7, 11) is 1.80. The molecule has 1 aliphatic heterocycles. The second-order valence-corrected chi connectivity index (χ2v) is 7.87. The van der Waals surface area contributed by atoms with Crippen molar-refractivity contribution in [2.75, 3.05) is 18.6 Å². The van der Waals surface area contributed by atoms with Gasteiger partial charge in [0, 0.05) is 11.9 Å². The zero-order valence-corrected chi connectivity index (χ0v) is 16.3. The molecule has 0 bridgehead atoms. The number of anilines is 1. The van der Waals surface area contributed by atoms with Gasteiger partial charge in [-0.25, -0.2) is 9.78 Å². The smallest absolute Gasteiger partial charge is 0.338 e. The number of rotatable bonds is 4. The number of esters is 1. The number of carbonyl (C=O) groups excluding carboxylic acids is 2. The first-order valence-electron chi connectivity index (χ1n) is 8.27. The molecule has 2 heterocycles. The maximum atomic E-state index is 12.6. The summed E-state index contributed by atoms with van der Waals surface area (Å²) in [5.41, 5.74) is 3.75. The summed E-state index contributed by atoms with van der Waals surface area (Å²) in [6.45, 7) is -0.489. The number of para-hydroxylation sites is 1. The average molecular weight is 407 g/mol. The number of thiazole rings is 1. The molecular formula is C20H13N3O3S2. The second-order valence-electron chi connectivity index (χ2n) is 5.95. The monoisotopic (exact) mass is 407 g/mol. The molecule has 1 aliphatic rings. The first-order valence-corrected chi connectivity index (χ1v) is 9.96. The fourth-order valence-electron chi connectivity index (χ4n) is 2.82. The molecule has 4 rings (SSSR count). The molecule has 0 atom stereocenters. The summed E-state index contributed by atoms with van der Waals surface area (Å²) in [5, 5.41) is 10.1. The number of fused-ring (bicyclic) bond motifs is 2. The number of aromatic nitrogens is 1. The Labute approximate surface area is 169 Å². The normalized spacial score (nSPS) is 14.5. The zero-order valence-electron chi connectivity index (χ0n) is 14.7. The predicted octanol–water partition coefficient (Wildman–Crippen LogP) is 4.00. The zero-order chi connectivity index (χ0) is 19.7. The van der Waals surface area contributed by atoms with Crippen LogP contribution in [0.1, 0.15) is 10.4 Å². The largest absolute Gasteiger partial charge is 0.454 e. The van der Waals surface area contributed by atoms with Gasteiger partial charge >= 0.3 is 5.97 Å². The summed E-state index contributed by atoms with van der Waals surface area (Å²) in [6, 6.07) is 14.6. The van der Waals surface area contributed by atoms with E-state index in [1.807, 2.05) is 30.3 Å². The molecule has 0 spiro atoms. The Morgan fingerprint density at radius 3 is 2.86 bits per heavy atom. The Hall–Kier alpha value is -3.15. The lowest BCUT2D eigenvalue weighted by molar-refractivity contribution is -0.118. The number of hydrogen-bond donors (Lipinski definition) is 0. The maximum absolute atomic E-state index is 12.6. The number of hydrogen-bond acceptors (Lipinski definition) is 8. The summed E-state index contributed by atoms with van der Waals surface area (Å²) >= 11 is 2.77. The van der Waals surface area contributed by atoms with E-state index < -0.39 is 18.4 Å². The third kappa shape index (κ3) is 3.26. The van der Waals surface area contributed by atoms with Gasteiger partial charge in [0.2, 0.25) is 5.78 Å². The van der Waals surface area contributed by atoms with E-state index in [1.54, 1.807) is 35.7 Å². The molecule has 0 fully saturated rings. The van der Waals surface area contributed by atoms with Gasteiger partial charge in [-0.15, -0.1) is 11.3 Å². The highest BCUT2D eigenvalue weighted by molar-refractivity contribution is 8.03. The van der Waals surface area contributed by atoms with Gasteiger partial charge in [-0.05, 0) is 30.3 Å². The van der Waals surface area contributed by atoms with E-state index in [0.717, 1.165) is 20.8 Å². The number of Topliss-reactive ketones (excluding diaryl/α,β-unsaturated/α-hetero) is 1. The number of thioether (sulfide) groups is 1. The topological polar surface area (TPSA) is 83.3 Å². The van der Waals surface area contributed by atoms with Crippen LogP contribution in [0.2, 0.25) is 0 Å². The van der Waals surface area contributed by atoms with Crippen molar-refractivity contribution in [2.45, 2.75) is 4.90 Å². The van der Waals surface area contributed by atoms with E-state index in [4.69, 9.17) is 4.74 Å². The number of nitriles is 1. The van der Waals surface area contributed by atoms with Crippen LogP contribution in [0.15, 0.2) is 63.5 Å². The molecule has 0 saturated carbocycles. The van der Waals surface area contributed by atoms with Gasteiger partial charge in [-0.2, -0.15) is 5.26 Å². The van der Waals surface area contributed by atoms with Crippen molar-refractivity contribution in [3.05, 3.63) is 64.1 Å². The summed E-state index contributed by atoms with van der Waals surface area (Å²) in [6.07, 6.45) is 0. The van der Waals surface area contributed by atoms with Gasteiger partial charge in [0.15, 0.2) is 6.61 Å². The maximum Gasteiger partial charge on any atom is 0.338 e. The molecule has 0 saturated heterocycles. The van der Waals surface area contributed by atoms with E-state index in [2.05, 4.69) is 4.98 Å². The summed E-state index contributed by atoms with van der Waals surface area (Å²) in [5.74, 6) is -1.14. The van der Waals surface area contributed by atoms with Crippen LogP contribution >= 0.6 is 23.1 Å². The Kier molecular flexibility index (Phi) is 4.86. The first-order chi connectivity index (χ1) is 13.6. The summed E-state index contributed by atoms with van der Waals surface area (Å²) < 4.78 is 6.02. The number of ketones is 1. The van der Waals surface area contributed by atoms with Gasteiger partial charge in [0.1, 0.15) is 16.7 Å². The molecule has 28 heavy (non-hydrogen) atoms. The molecule has 138 valence electrons. The quantitative estimate of drug-likeness (QED) is 0.367. The van der Waals surface area contributed by atoms with Crippen LogP contribution in [-0.4, -0.2) is 30.4 Å². The highest BCUT2D eigenvalue weighted by Crippen LogP contribution is 2.46. The fourth-order valence-corrected chi connectivity index (χ4v) is 4.70. The second kappa shape index (κ2) is 7.46. The minimum atomic E-state index is -0.610. The van der Waals surface area contributed by atoms with Crippen LogP contribution in [0.3, 0.4) is 0 Å². The molecule has 8 heteroatoms. The van der Waals surface area contributed by atoms with Crippen LogP contribution in [0.5, 0.6) is 0 Å². The molecule has 2 aromatic carbocycles. The van der Waals surface area contributed by atoms with Crippen molar-refractivity contribution < 1.29 is 14.3 Å². The Morgan fingerprint density at radius 2 is 2.07 bits per heavy atom. The number of carbonyl (C=O) groups is 2. The SMILES string of the molecule is CN1C(=C(C#N)C(=O)COC(=O)c2ccc3ncsc3c2)Sc2ccccc21. The van der Waals surface area contributed by atoms with E-state index in [0.29, 0.717) is 10.6 Å². The van der Waals surface area contributed by atoms with Crippen molar-refractivity contribution in [3.63, 3.8) is 0 Å². The Bertz CT molecular complexity index is 1180. The van der Waals surface area contributed by atoms with Crippen LogP contribution < -0.4 is 4.90 Å². The predicted molar refractivity (Wildman–Crippen MR) is 108 cm³/mol. The fraction of sp³-hybridized carbons (Fsp3) is 0.100. The summed E-state index contributed by atoms with van der Waals surface area (Å²) in [4.78, 5) is 31.8. The van der Waals surface area contributed by atoms with Gasteiger partial charge in [-0.1, -0.05) is 23.9 Å². The standard InChI is InChI=1S/C20H13N3O3S2/c1-23-15-4-2-3-5-17(15)28-19(23)13(9-21)16(24)10-26-20(25)12-6-7-14-18(8-12)27-11-22-14/h2-8,11H,10H2,1H3. The van der Waals surface area contributed by atoms with Crippen LogP contribution in [0.4, 0.5) is 5.69 Å². The van der Waals surface area contributed by atoms with Crippen molar-refractivity contribution in [1.82, 2.24) is 4.98 Å². The molecular weight excluding hydrogens is 394 g/mol. The third-order valence-corrected chi connectivity index (χ3v) is 6.27. The average Bonchev–Trinajstić information content (AvgIpc) is 3.31. The van der Waals surface area contributed by atoms with Crippen molar-refractivity contribution in [3.8, 4) is 6.07 Å². The van der Waals surface area contributed by atoms with E-state index in [1.165, 1.54) is 23.1 Å². The van der Waals surface area contributed by atoms with Crippen molar-refractivity contribution in [1.29, 1.82) is 5.26 Å². The highest BCUT2D eigenvalue weighted by Gasteiger charge is 2.28. The molecule has 0 N–H and O–H groups in total. The lowest BCUT2D eigenvalue weighted by Crippen LogP contribution is -2.20. The van der Waals surface area contributed by atoms with Crippen LogP contribution in [0.25, 0.3) is 10.2 Å². The Morgan fingerprint density at radius 1 is 1.25 bits per heavy atom. The van der Waals surface area contributed by atoms with E-state index in [9.17, 15) is 14.9 Å². The molecule has 3 aromatic rings. The van der Waals surface area contributed by atoms with Gasteiger partial charge in [0.25, 0.3) is 0 Å². The molecule has 1 aromatic heterocycles. The minimum absolute atomic E-state index is 0.0191. The van der Waals surface area contributed by atoms with Gasteiger partial charge in [-0.3, -0.25) is 4.79 Å². The third-order valence-electron chi connectivity index (χ3n) is 4.24. The van der Waals surface area contributed by atoms with Crippen LogP contribution in [-0.2, 0) is 9.53 Å². The highest BCUT2D eigenvalue weighted by atomic mass is 32.2. The molecule has 0 aliphatic carbocycles. The van der Waals surface area contributed by atoms with Crippen LogP contribution in [0, 0.1) is 11.3 Å². The molecule has 0 radical (unpaired) electrons. The minimum Gasteiger partial charge on any atom is -0.454 e. The Balaban J connectivity index is 1.49. The molecule has 6 nitrogen and oxygen atoms in total. The number of ether oxygens (including phenoxy) is 1.